The van der Waals surface area contributed by atoms with E-state index in [1.54, 1.807) is 41.3 Å². The number of ether oxygens (including phenoxy) is 1. The van der Waals surface area contributed by atoms with Crippen molar-refractivity contribution < 1.29 is 51.5 Å². The number of para-hydroxylation sites is 1. The zero-order valence-electron chi connectivity index (χ0n) is 42.9. The molecule has 4 aliphatic heterocycles. The molecule has 6 heterocycles. The highest BCUT2D eigenvalue weighted by atomic mass is 32.2. The Morgan fingerprint density at radius 1 is 0.769 bits per heavy atom. The first-order chi connectivity index (χ1) is 37.4. The molecule has 3 aromatic carbocycles. The van der Waals surface area contributed by atoms with Crippen LogP contribution in [0.5, 0.6) is 11.5 Å². The highest BCUT2D eigenvalue weighted by Crippen LogP contribution is 2.41. The molecule has 5 aromatic rings. The third kappa shape index (κ3) is 12.4. The van der Waals surface area contributed by atoms with Crippen LogP contribution in [0.3, 0.4) is 0 Å². The number of likely N-dealkylation sites (tertiary alicyclic amines) is 1. The van der Waals surface area contributed by atoms with Crippen LogP contribution < -0.4 is 41.6 Å². The number of rotatable bonds is 21. The number of aromatic amines is 1. The first kappa shape index (κ1) is 54.2. The van der Waals surface area contributed by atoms with Crippen LogP contribution in [0.15, 0.2) is 89.9 Å². The Hall–Kier alpha value is -8.64. The first-order valence-corrected chi connectivity index (χ1v) is 27.5. The third-order valence-electron chi connectivity index (χ3n) is 14.0. The van der Waals surface area contributed by atoms with Crippen LogP contribution in [0.4, 0.5) is 11.4 Å². The Morgan fingerprint density at radius 3 is 2.23 bits per heavy atom. The molecule has 78 heavy (non-hydrogen) atoms. The number of carbonyl (C=O) groups excluding carboxylic acids is 8. The number of aromatic nitrogens is 2. The molecule has 0 radical (unpaired) electrons. The van der Waals surface area contributed by atoms with Gasteiger partial charge in [-0.3, -0.25) is 58.1 Å². The number of carbonyl (C=O) groups is 8. The van der Waals surface area contributed by atoms with Gasteiger partial charge in [0.2, 0.25) is 27.7 Å². The average molecular weight is 1090 g/mol. The lowest BCUT2D eigenvalue weighted by molar-refractivity contribution is -0.138. The number of sulfonamides is 1. The molecule has 0 spiro atoms. The minimum atomic E-state index is -3.97. The van der Waals surface area contributed by atoms with E-state index < -0.39 is 57.1 Å². The molecular weight excluding hydrogens is 1030 g/mol. The molecule has 1 atom stereocenters. The van der Waals surface area contributed by atoms with Crippen molar-refractivity contribution in [2.24, 2.45) is 7.05 Å². The lowest BCUT2D eigenvalue weighted by Gasteiger charge is -2.33. The van der Waals surface area contributed by atoms with Crippen molar-refractivity contribution in [3.05, 3.63) is 118 Å². The van der Waals surface area contributed by atoms with Crippen molar-refractivity contribution in [3.63, 3.8) is 0 Å². The van der Waals surface area contributed by atoms with Crippen LogP contribution in [0.2, 0.25) is 0 Å². The average Bonchev–Trinajstić information content (AvgIpc) is 4.24. The van der Waals surface area contributed by atoms with Crippen molar-refractivity contribution >= 4 is 79.6 Å². The number of amides is 8. The van der Waals surface area contributed by atoms with Gasteiger partial charge in [0.05, 0.1) is 17.5 Å². The fraction of sp³-hybridized carbons (Fsp3) is 0.352. The standard InChI is InChI=1S/C54H59N11O12S/c1-62-30-38(36-28-42(59-49(36)54(62)74)51(71)57-22-21-55-45(66)19-26-64-47(68)15-16-48(64)69)35-27-41(61-78(2,75)76)37(29-44(35)77-33-9-4-3-5-10-33)50(70)56-20-6-7-23-63-24-17-32(18-25-63)58-40-12-8-11-34-39(40)31-65(53(34)73)43-13-14-46(67)60-52(43)72/h3-5,8-12,15-16,27-30,32,43,58-59,61H,6-7,13-14,17-26,31H2,1-2H3,(H,55,66)(H,56,70)(H,57,71)(H,60,67,72). The topological polar surface area (TPSA) is 300 Å². The molecule has 2 saturated heterocycles. The lowest BCUT2D eigenvalue weighted by atomic mass is 9.99. The summed E-state index contributed by atoms with van der Waals surface area (Å²) >= 11 is 0. The van der Waals surface area contributed by atoms with Gasteiger partial charge in [-0.2, -0.15) is 0 Å². The van der Waals surface area contributed by atoms with E-state index in [0.717, 1.165) is 73.5 Å². The number of unbranched alkanes of at least 4 members (excludes halogenated alkanes) is 1. The van der Waals surface area contributed by atoms with Gasteiger partial charge in [0.15, 0.2) is 0 Å². The van der Waals surface area contributed by atoms with Gasteiger partial charge < -0.3 is 45.4 Å². The molecule has 2 fully saturated rings. The van der Waals surface area contributed by atoms with E-state index in [-0.39, 0.29) is 103 Å². The van der Waals surface area contributed by atoms with E-state index in [1.807, 2.05) is 12.1 Å². The van der Waals surface area contributed by atoms with Crippen LogP contribution in [-0.2, 0) is 47.6 Å². The number of pyridine rings is 1. The minimum Gasteiger partial charge on any atom is -0.457 e. The molecular formula is C54H59N11O12S. The number of imide groups is 2. The van der Waals surface area contributed by atoms with E-state index in [9.17, 15) is 51.6 Å². The van der Waals surface area contributed by atoms with Gasteiger partial charge in [-0.15, -0.1) is 0 Å². The zero-order chi connectivity index (χ0) is 55.3. The second-order valence-corrected chi connectivity index (χ2v) is 21.3. The molecule has 4 aliphatic rings. The van der Waals surface area contributed by atoms with Gasteiger partial charge >= 0.3 is 0 Å². The molecule has 1 unspecified atom stereocenters. The predicted octanol–water partition coefficient (Wildman–Crippen LogP) is 2.71. The Labute approximate surface area is 448 Å². The van der Waals surface area contributed by atoms with E-state index >= 15 is 0 Å². The van der Waals surface area contributed by atoms with Gasteiger partial charge in [0, 0.05) is 123 Å². The number of nitrogens with one attached hydrogen (secondary N) is 7. The maximum atomic E-state index is 14.1. The third-order valence-corrected chi connectivity index (χ3v) is 14.6. The summed E-state index contributed by atoms with van der Waals surface area (Å²) in [6, 6.07) is 18.1. The fourth-order valence-electron chi connectivity index (χ4n) is 10.1. The van der Waals surface area contributed by atoms with Gasteiger partial charge in [0.1, 0.15) is 28.8 Å². The number of anilines is 2. The first-order valence-electron chi connectivity index (χ1n) is 25.6. The molecule has 0 bridgehead atoms. The molecule has 23 nitrogen and oxygen atoms in total. The number of fused-ring (bicyclic) bond motifs is 2. The quantitative estimate of drug-likeness (QED) is 0.0411. The summed E-state index contributed by atoms with van der Waals surface area (Å²) < 4.78 is 36.0. The predicted molar refractivity (Wildman–Crippen MR) is 287 cm³/mol. The van der Waals surface area contributed by atoms with Crippen LogP contribution in [0.25, 0.3) is 22.0 Å². The second-order valence-electron chi connectivity index (χ2n) is 19.6. The van der Waals surface area contributed by atoms with E-state index in [2.05, 4.69) is 41.2 Å². The summed E-state index contributed by atoms with van der Waals surface area (Å²) in [6.07, 6.45) is 8.18. The number of piperidine rings is 2. The summed E-state index contributed by atoms with van der Waals surface area (Å²) in [7, 11) is -2.45. The monoisotopic (exact) mass is 1090 g/mol. The number of aryl methyl sites for hydroxylation is 1. The Morgan fingerprint density at radius 2 is 1.50 bits per heavy atom. The SMILES string of the molecule is Cn1cc(-c2cc(NS(C)(=O)=O)c(C(=O)NCCCCN3CCC(Nc4cccc5c4CN(C4CCC(=O)NC4=O)C5=O)CC3)cc2Oc2ccccc2)c2cc(C(=O)NCCNC(=O)CCN3C(=O)C=CC3=O)[nH]c2c1=O. The summed E-state index contributed by atoms with van der Waals surface area (Å²) in [5.41, 5.74) is 2.38. The largest absolute Gasteiger partial charge is 0.457 e. The number of hydrogen-bond acceptors (Lipinski definition) is 14. The molecule has 7 N–H and O–H groups in total. The van der Waals surface area contributed by atoms with E-state index in [0.29, 0.717) is 29.7 Å². The van der Waals surface area contributed by atoms with Crippen LogP contribution in [0.1, 0.15) is 81.7 Å². The molecule has 24 heteroatoms. The normalized spacial score (nSPS) is 16.8. The maximum Gasteiger partial charge on any atom is 0.274 e. The lowest BCUT2D eigenvalue weighted by Crippen LogP contribution is -2.52. The Bertz CT molecular complexity index is 3420. The van der Waals surface area contributed by atoms with Gasteiger partial charge in [-0.05, 0) is 81.1 Å². The highest BCUT2D eigenvalue weighted by Gasteiger charge is 2.40. The molecule has 0 aliphatic carbocycles. The number of H-pyrrole nitrogens is 1. The molecule has 9 rings (SSSR count). The Kier molecular flexibility index (Phi) is 16.2. The van der Waals surface area contributed by atoms with Crippen molar-refractivity contribution in [1.82, 2.24) is 45.5 Å². The van der Waals surface area contributed by atoms with Crippen molar-refractivity contribution in [2.45, 2.75) is 63.6 Å². The summed E-state index contributed by atoms with van der Waals surface area (Å²) in [5.74, 6) is -3.08. The van der Waals surface area contributed by atoms with E-state index in [4.69, 9.17) is 4.74 Å². The molecule has 408 valence electrons. The smallest absolute Gasteiger partial charge is 0.274 e. The van der Waals surface area contributed by atoms with Crippen LogP contribution in [-0.4, -0.2) is 144 Å². The highest BCUT2D eigenvalue weighted by molar-refractivity contribution is 7.92. The van der Waals surface area contributed by atoms with Crippen molar-refractivity contribution in [2.75, 3.05) is 62.1 Å². The Balaban J connectivity index is 0.833. The molecule has 0 saturated carbocycles. The number of benzene rings is 3. The van der Waals surface area contributed by atoms with Crippen LogP contribution >= 0.6 is 0 Å². The fourth-order valence-corrected chi connectivity index (χ4v) is 10.6. The maximum absolute atomic E-state index is 14.1. The van der Waals surface area contributed by atoms with E-state index in [1.165, 1.54) is 36.0 Å². The van der Waals surface area contributed by atoms with Crippen molar-refractivity contribution in [1.29, 1.82) is 0 Å². The van der Waals surface area contributed by atoms with Crippen LogP contribution in [0, 0.1) is 0 Å². The minimum absolute atomic E-state index is 0.00484. The molecule has 8 amide bonds. The van der Waals surface area contributed by atoms with Gasteiger partial charge in [-0.1, -0.05) is 24.3 Å². The molecule has 2 aromatic heterocycles. The summed E-state index contributed by atoms with van der Waals surface area (Å²) in [5, 5.41) is 14.5. The number of hydrogen-bond donors (Lipinski definition) is 7. The number of nitrogens with zero attached hydrogens (tertiary/aromatic N) is 4. The zero-order valence-corrected chi connectivity index (χ0v) is 43.8. The van der Waals surface area contributed by atoms with Gasteiger partial charge in [-0.25, -0.2) is 8.42 Å². The van der Waals surface area contributed by atoms with Crippen molar-refractivity contribution in [3.8, 4) is 22.6 Å². The van der Waals surface area contributed by atoms with Gasteiger partial charge in [0.25, 0.3) is 35.1 Å². The summed E-state index contributed by atoms with van der Waals surface area (Å²) in [4.78, 5) is 123. The summed E-state index contributed by atoms with van der Waals surface area (Å²) in [6.45, 7) is 2.92. The second kappa shape index (κ2) is 23.3.